The molecule has 0 saturated heterocycles. The summed E-state index contributed by atoms with van der Waals surface area (Å²) in [5.41, 5.74) is -0.0238. The van der Waals surface area contributed by atoms with E-state index in [9.17, 15) is 19.5 Å². The van der Waals surface area contributed by atoms with Crippen LogP contribution in [0.15, 0.2) is 23.8 Å². The average Bonchev–Trinajstić information content (AvgIpc) is 3.08. The van der Waals surface area contributed by atoms with E-state index >= 15 is 0 Å². The molecule has 1 N–H and O–H groups in total. The fraction of sp³-hybridized carbons (Fsp3) is 0.767. The number of aliphatic hydroxyl groups is 1. The van der Waals surface area contributed by atoms with E-state index in [1.807, 2.05) is 26.8 Å². The van der Waals surface area contributed by atoms with Gasteiger partial charge in [0.15, 0.2) is 5.78 Å². The normalized spacial score (nSPS) is 41.0. The Morgan fingerprint density at radius 2 is 1.83 bits per heavy atom. The molecular formula is C30H44O5. The molecule has 0 amide bonds. The summed E-state index contributed by atoms with van der Waals surface area (Å²) >= 11 is 0. The van der Waals surface area contributed by atoms with Crippen LogP contribution >= 0.6 is 0 Å². The second-order valence-electron chi connectivity index (χ2n) is 13.1. The third-order valence-corrected chi connectivity index (χ3v) is 10.5. The summed E-state index contributed by atoms with van der Waals surface area (Å²) in [6.45, 7) is 13.9. The second kappa shape index (κ2) is 8.97. The van der Waals surface area contributed by atoms with Crippen LogP contribution in [0.5, 0.6) is 0 Å². The van der Waals surface area contributed by atoms with Gasteiger partial charge in [-0.3, -0.25) is 14.4 Å². The van der Waals surface area contributed by atoms with Gasteiger partial charge in [-0.1, -0.05) is 45.4 Å². The van der Waals surface area contributed by atoms with E-state index in [0.717, 1.165) is 19.3 Å². The van der Waals surface area contributed by atoms with Gasteiger partial charge in [-0.05, 0) is 74.2 Å². The Morgan fingerprint density at radius 3 is 2.46 bits per heavy atom. The van der Waals surface area contributed by atoms with Gasteiger partial charge in [0.25, 0.3) is 0 Å². The van der Waals surface area contributed by atoms with Crippen LogP contribution in [0.4, 0.5) is 0 Å². The third kappa shape index (κ3) is 4.47. The Bertz CT molecular complexity index is 954. The highest BCUT2D eigenvalue weighted by Crippen LogP contribution is 2.66. The minimum absolute atomic E-state index is 0.0000773. The molecule has 4 aliphatic carbocycles. The fourth-order valence-electron chi connectivity index (χ4n) is 8.19. The highest BCUT2D eigenvalue weighted by Gasteiger charge is 2.63. The van der Waals surface area contributed by atoms with Gasteiger partial charge in [-0.2, -0.15) is 0 Å². The lowest BCUT2D eigenvalue weighted by Crippen LogP contribution is -2.57. The van der Waals surface area contributed by atoms with Crippen LogP contribution in [0, 0.1) is 46.3 Å². The van der Waals surface area contributed by atoms with Crippen molar-refractivity contribution in [1.29, 1.82) is 0 Å². The summed E-state index contributed by atoms with van der Waals surface area (Å²) in [5.74, 6) is 0.711. The van der Waals surface area contributed by atoms with E-state index in [1.54, 1.807) is 0 Å². The number of Topliss-reactive ketones (excluding diaryl/α,β-unsaturated/α-hetero) is 1. The van der Waals surface area contributed by atoms with Gasteiger partial charge in [-0.25, -0.2) is 0 Å². The first kappa shape index (κ1) is 26.3. The van der Waals surface area contributed by atoms with E-state index < -0.39 is 5.60 Å². The van der Waals surface area contributed by atoms with Crippen molar-refractivity contribution >= 4 is 17.5 Å². The van der Waals surface area contributed by atoms with Crippen LogP contribution in [-0.4, -0.2) is 34.3 Å². The molecule has 3 fully saturated rings. The number of allylic oxidation sites excluding steroid dienone is 2. The first-order valence-corrected chi connectivity index (χ1v) is 13.5. The molecule has 3 saturated carbocycles. The molecule has 35 heavy (non-hydrogen) atoms. The van der Waals surface area contributed by atoms with Gasteiger partial charge >= 0.3 is 5.97 Å². The summed E-state index contributed by atoms with van der Waals surface area (Å²) in [7, 11) is 0. The van der Waals surface area contributed by atoms with Crippen LogP contribution < -0.4 is 0 Å². The zero-order valence-electron chi connectivity index (χ0n) is 22.6. The first-order chi connectivity index (χ1) is 16.2. The summed E-state index contributed by atoms with van der Waals surface area (Å²) in [5, 5.41) is 10.4. The predicted molar refractivity (Wildman–Crippen MR) is 135 cm³/mol. The van der Waals surface area contributed by atoms with Gasteiger partial charge < -0.3 is 9.84 Å². The molecule has 0 aromatic heterocycles. The van der Waals surface area contributed by atoms with Crippen LogP contribution in [-0.2, 0) is 19.1 Å². The first-order valence-electron chi connectivity index (χ1n) is 13.5. The molecule has 9 atom stereocenters. The van der Waals surface area contributed by atoms with Crippen LogP contribution in [0.3, 0.4) is 0 Å². The third-order valence-electron chi connectivity index (χ3n) is 10.5. The zero-order valence-corrected chi connectivity index (χ0v) is 22.6. The SMILES string of the molecule is CC(=O)O[C@@H]1C[C@]2(C)[C@@H]([C@H](C)/C=C/[C@H](C)C(C)(C)O)CC[C@H]2C2=CC(=O)[C@H]3CC(=O)CC[C@]3(C)C21. The number of esters is 1. The number of hydrogen-bond acceptors (Lipinski definition) is 5. The number of hydrogen-bond donors (Lipinski definition) is 1. The van der Waals surface area contributed by atoms with Gasteiger partial charge in [0.2, 0.25) is 0 Å². The van der Waals surface area contributed by atoms with Crippen molar-refractivity contribution in [2.45, 2.75) is 98.7 Å². The molecule has 0 bridgehead atoms. The zero-order chi connectivity index (χ0) is 25.9. The Hall–Kier alpha value is -1.75. The number of carbonyl (C=O) groups excluding carboxylic acids is 3. The molecule has 0 heterocycles. The van der Waals surface area contributed by atoms with Crippen molar-refractivity contribution in [3.63, 3.8) is 0 Å². The van der Waals surface area contributed by atoms with Crippen molar-refractivity contribution in [3.05, 3.63) is 23.8 Å². The van der Waals surface area contributed by atoms with Crippen molar-refractivity contribution in [1.82, 2.24) is 0 Å². The molecule has 0 aromatic rings. The quantitative estimate of drug-likeness (QED) is 0.414. The molecule has 4 aliphatic rings. The van der Waals surface area contributed by atoms with Gasteiger partial charge in [0.1, 0.15) is 11.9 Å². The van der Waals surface area contributed by atoms with E-state index in [0.29, 0.717) is 31.1 Å². The number of ketones is 2. The molecule has 0 aliphatic heterocycles. The average molecular weight is 485 g/mol. The number of rotatable bonds is 5. The Labute approximate surface area is 210 Å². The Balaban J connectivity index is 1.70. The summed E-state index contributed by atoms with van der Waals surface area (Å²) in [4.78, 5) is 37.9. The van der Waals surface area contributed by atoms with Crippen molar-refractivity contribution in [2.75, 3.05) is 0 Å². The molecule has 194 valence electrons. The highest BCUT2D eigenvalue weighted by atomic mass is 16.5. The van der Waals surface area contributed by atoms with Crippen molar-refractivity contribution < 1.29 is 24.2 Å². The molecular weight excluding hydrogens is 440 g/mol. The van der Waals surface area contributed by atoms with Crippen molar-refractivity contribution in [3.8, 4) is 0 Å². The minimum atomic E-state index is -0.766. The Morgan fingerprint density at radius 1 is 1.14 bits per heavy atom. The highest BCUT2D eigenvalue weighted by molar-refractivity contribution is 5.98. The van der Waals surface area contributed by atoms with E-state index in [2.05, 4.69) is 32.9 Å². The lowest BCUT2D eigenvalue weighted by atomic mass is 9.46. The molecule has 4 rings (SSSR count). The van der Waals surface area contributed by atoms with E-state index in [1.165, 1.54) is 12.5 Å². The molecule has 1 unspecified atom stereocenters. The summed E-state index contributed by atoms with van der Waals surface area (Å²) in [6.07, 6.45) is 10.3. The molecule has 0 aromatic carbocycles. The number of carbonyl (C=O) groups is 3. The topological polar surface area (TPSA) is 80.7 Å². The number of ether oxygens (including phenoxy) is 1. The minimum Gasteiger partial charge on any atom is -0.462 e. The second-order valence-corrected chi connectivity index (χ2v) is 13.1. The van der Waals surface area contributed by atoms with Gasteiger partial charge in [-0.15, -0.1) is 0 Å². The standard InChI is InChI=1S/C30H44O5/c1-17(8-9-18(2)28(4,5)34)22-10-11-23-21-15-25(33)24-14-20(32)12-13-29(24,6)27(21)26(35-19(3)31)16-30(22,23)7/h8-9,15,17-18,22-24,26-27,34H,10-14,16H2,1-7H3/b9-8+/t17-,18+,22-,23+,24-,26-,27?,29+,30-/m1/s1. The smallest absolute Gasteiger partial charge is 0.302 e. The van der Waals surface area contributed by atoms with Gasteiger partial charge in [0, 0.05) is 37.5 Å². The molecule has 0 spiro atoms. The number of fused-ring (bicyclic) bond motifs is 5. The maximum Gasteiger partial charge on any atom is 0.302 e. The molecule has 0 radical (unpaired) electrons. The van der Waals surface area contributed by atoms with Gasteiger partial charge in [0.05, 0.1) is 5.60 Å². The Kier molecular flexibility index (Phi) is 6.75. The van der Waals surface area contributed by atoms with Crippen LogP contribution in [0.2, 0.25) is 0 Å². The summed E-state index contributed by atoms with van der Waals surface area (Å²) < 4.78 is 6.05. The lowest BCUT2D eigenvalue weighted by molar-refractivity contribution is -0.165. The fourth-order valence-corrected chi connectivity index (χ4v) is 8.19. The maximum atomic E-state index is 13.4. The lowest BCUT2D eigenvalue weighted by Gasteiger charge is -2.58. The predicted octanol–water partition coefficient (Wildman–Crippen LogP) is 5.45. The summed E-state index contributed by atoms with van der Waals surface area (Å²) in [6, 6.07) is 0. The molecule has 5 nitrogen and oxygen atoms in total. The molecule has 5 heteroatoms. The van der Waals surface area contributed by atoms with Crippen molar-refractivity contribution in [2.24, 2.45) is 46.3 Å². The largest absolute Gasteiger partial charge is 0.462 e. The maximum absolute atomic E-state index is 13.4. The van der Waals surface area contributed by atoms with Crippen LogP contribution in [0.25, 0.3) is 0 Å². The monoisotopic (exact) mass is 484 g/mol. The van der Waals surface area contributed by atoms with Crippen LogP contribution in [0.1, 0.15) is 87.0 Å². The van der Waals surface area contributed by atoms with E-state index in [4.69, 9.17) is 4.74 Å². The van der Waals surface area contributed by atoms with E-state index in [-0.39, 0.29) is 58.1 Å².